The van der Waals surface area contributed by atoms with Gasteiger partial charge in [0.2, 0.25) is 0 Å². The molecule has 0 rings (SSSR count). The van der Waals surface area contributed by atoms with E-state index < -0.39 is 0 Å². The van der Waals surface area contributed by atoms with Gasteiger partial charge in [0.15, 0.2) is 0 Å². The Labute approximate surface area is 62.2 Å². The van der Waals surface area contributed by atoms with Crippen molar-refractivity contribution in [2.24, 2.45) is 10.9 Å². The molecule has 3 heteroatoms. The smallest absolute Gasteiger partial charge is 0.124 e. The van der Waals surface area contributed by atoms with Crippen LogP contribution in [0.4, 0.5) is 0 Å². The van der Waals surface area contributed by atoms with Crippen LogP contribution in [0, 0.1) is 0 Å². The summed E-state index contributed by atoms with van der Waals surface area (Å²) in [6, 6.07) is 0. The summed E-state index contributed by atoms with van der Waals surface area (Å²) in [6.07, 6.45) is 3.69. The van der Waals surface area contributed by atoms with Crippen LogP contribution in [0.5, 0.6) is 0 Å². The summed E-state index contributed by atoms with van der Waals surface area (Å²) >= 11 is 0. The van der Waals surface area contributed by atoms with Gasteiger partial charge in [0, 0.05) is 6.21 Å². The first-order chi connectivity index (χ1) is 4.81. The number of hydrogen-bond acceptors (Lipinski definition) is 3. The molecule has 0 amide bonds. The minimum atomic E-state index is 0.217. The van der Waals surface area contributed by atoms with Crippen LogP contribution in [0.25, 0.3) is 0 Å². The fourth-order valence-corrected chi connectivity index (χ4v) is 0.349. The fourth-order valence-electron chi connectivity index (χ4n) is 0.349. The van der Waals surface area contributed by atoms with E-state index >= 15 is 0 Å². The van der Waals surface area contributed by atoms with Gasteiger partial charge in [0.25, 0.3) is 0 Å². The monoisotopic (exact) mass is 144 g/mol. The molecule has 0 bridgehead atoms. The molecule has 0 spiro atoms. The van der Waals surface area contributed by atoms with Crippen LogP contribution in [0.1, 0.15) is 26.7 Å². The van der Waals surface area contributed by atoms with Crippen molar-refractivity contribution in [2.75, 3.05) is 6.54 Å². The van der Waals surface area contributed by atoms with E-state index in [9.17, 15) is 0 Å². The van der Waals surface area contributed by atoms with E-state index in [4.69, 9.17) is 10.6 Å². The van der Waals surface area contributed by atoms with E-state index in [1.165, 1.54) is 0 Å². The van der Waals surface area contributed by atoms with Gasteiger partial charge in [-0.05, 0) is 26.3 Å². The highest BCUT2D eigenvalue weighted by atomic mass is 16.6. The molecule has 1 atom stereocenters. The standard InChI is InChI=1S/C7H16N2O/c1-3-7(2)10-9-6-4-5-8/h6-7H,3-5,8H2,1-2H3. The molecular weight excluding hydrogens is 128 g/mol. The highest BCUT2D eigenvalue weighted by molar-refractivity contribution is 5.56. The molecule has 0 saturated heterocycles. The maximum absolute atomic E-state index is 5.23. The minimum absolute atomic E-state index is 0.217. The third kappa shape index (κ3) is 5.56. The molecule has 1 unspecified atom stereocenters. The zero-order chi connectivity index (χ0) is 7.82. The number of nitrogens with two attached hydrogens (primary N) is 1. The predicted octanol–water partition coefficient (Wildman–Crippen LogP) is 1.14. The van der Waals surface area contributed by atoms with Crippen molar-refractivity contribution >= 4 is 6.21 Å². The first-order valence-electron chi connectivity index (χ1n) is 3.69. The van der Waals surface area contributed by atoms with Crippen molar-refractivity contribution in [2.45, 2.75) is 32.8 Å². The summed E-state index contributed by atoms with van der Waals surface area (Å²) in [5.41, 5.74) is 5.23. The Morgan fingerprint density at radius 1 is 1.70 bits per heavy atom. The van der Waals surface area contributed by atoms with Gasteiger partial charge >= 0.3 is 0 Å². The summed E-state index contributed by atoms with van der Waals surface area (Å²) in [4.78, 5) is 5.01. The summed E-state index contributed by atoms with van der Waals surface area (Å²) in [5, 5.41) is 3.73. The largest absolute Gasteiger partial charge is 0.393 e. The van der Waals surface area contributed by atoms with Crippen molar-refractivity contribution in [3.05, 3.63) is 0 Å². The van der Waals surface area contributed by atoms with Gasteiger partial charge in [-0.3, -0.25) is 0 Å². The van der Waals surface area contributed by atoms with E-state index in [1.54, 1.807) is 6.21 Å². The number of rotatable bonds is 5. The second kappa shape index (κ2) is 6.55. The average molecular weight is 144 g/mol. The van der Waals surface area contributed by atoms with E-state index in [2.05, 4.69) is 12.1 Å². The van der Waals surface area contributed by atoms with E-state index in [0.29, 0.717) is 6.54 Å². The SMILES string of the molecule is CCC(C)ON=CCCN. The van der Waals surface area contributed by atoms with Gasteiger partial charge in [-0.1, -0.05) is 12.1 Å². The molecule has 0 aliphatic carbocycles. The summed E-state index contributed by atoms with van der Waals surface area (Å²) in [6.45, 7) is 4.68. The molecule has 0 aromatic carbocycles. The third-order valence-corrected chi connectivity index (χ3v) is 1.19. The van der Waals surface area contributed by atoms with Crippen molar-refractivity contribution in [3.63, 3.8) is 0 Å². The maximum Gasteiger partial charge on any atom is 0.124 e. The second-order valence-electron chi connectivity index (χ2n) is 2.19. The quantitative estimate of drug-likeness (QED) is 0.464. The molecule has 0 aliphatic heterocycles. The molecule has 0 aromatic rings. The van der Waals surface area contributed by atoms with Gasteiger partial charge in [-0.15, -0.1) is 0 Å². The molecule has 0 aliphatic rings. The third-order valence-electron chi connectivity index (χ3n) is 1.19. The van der Waals surface area contributed by atoms with Gasteiger partial charge in [0.1, 0.15) is 6.10 Å². The topological polar surface area (TPSA) is 47.6 Å². The predicted molar refractivity (Wildman–Crippen MR) is 43.0 cm³/mol. The van der Waals surface area contributed by atoms with Crippen LogP contribution in [-0.2, 0) is 4.84 Å². The first kappa shape index (κ1) is 9.43. The lowest BCUT2D eigenvalue weighted by molar-refractivity contribution is 0.0707. The molecule has 0 radical (unpaired) electrons. The van der Waals surface area contributed by atoms with E-state index in [-0.39, 0.29) is 6.10 Å². The summed E-state index contributed by atoms with van der Waals surface area (Å²) < 4.78 is 0. The molecule has 3 nitrogen and oxygen atoms in total. The first-order valence-corrected chi connectivity index (χ1v) is 3.69. The fraction of sp³-hybridized carbons (Fsp3) is 0.857. The maximum atomic E-state index is 5.23. The number of nitrogens with zero attached hydrogens (tertiary/aromatic N) is 1. The van der Waals surface area contributed by atoms with Gasteiger partial charge in [0.05, 0.1) is 0 Å². The zero-order valence-electron chi connectivity index (χ0n) is 6.71. The molecule has 0 saturated carbocycles. The second-order valence-corrected chi connectivity index (χ2v) is 2.19. The Morgan fingerprint density at radius 2 is 2.40 bits per heavy atom. The van der Waals surface area contributed by atoms with E-state index in [0.717, 1.165) is 12.8 Å². The molecule has 0 heterocycles. The van der Waals surface area contributed by atoms with Gasteiger partial charge < -0.3 is 10.6 Å². The zero-order valence-corrected chi connectivity index (χ0v) is 6.71. The lowest BCUT2D eigenvalue weighted by Crippen LogP contribution is -2.02. The van der Waals surface area contributed by atoms with Crippen molar-refractivity contribution < 1.29 is 4.84 Å². The Morgan fingerprint density at radius 3 is 2.90 bits per heavy atom. The Bertz CT molecular complexity index is 93.6. The summed E-state index contributed by atoms with van der Waals surface area (Å²) in [7, 11) is 0. The van der Waals surface area contributed by atoms with Crippen LogP contribution >= 0.6 is 0 Å². The van der Waals surface area contributed by atoms with Crippen LogP contribution in [-0.4, -0.2) is 18.9 Å². The number of hydrogen-bond donors (Lipinski definition) is 1. The van der Waals surface area contributed by atoms with Crippen LogP contribution < -0.4 is 5.73 Å². The molecule has 0 aromatic heterocycles. The van der Waals surface area contributed by atoms with Crippen LogP contribution in [0.15, 0.2) is 5.16 Å². The van der Waals surface area contributed by atoms with Crippen molar-refractivity contribution in [1.82, 2.24) is 0 Å². The molecule has 60 valence electrons. The summed E-state index contributed by atoms with van der Waals surface area (Å²) in [5.74, 6) is 0. The molecular formula is C7H16N2O. The highest BCUT2D eigenvalue weighted by Crippen LogP contribution is 1.94. The molecule has 0 fully saturated rings. The molecule has 10 heavy (non-hydrogen) atoms. The number of oxime groups is 1. The Hall–Kier alpha value is -0.570. The normalized spacial score (nSPS) is 13.9. The lowest BCUT2D eigenvalue weighted by atomic mass is 10.3. The van der Waals surface area contributed by atoms with E-state index in [1.807, 2.05) is 6.92 Å². The average Bonchev–Trinajstić information content (AvgIpc) is 1.98. The van der Waals surface area contributed by atoms with Crippen molar-refractivity contribution in [1.29, 1.82) is 0 Å². The van der Waals surface area contributed by atoms with Crippen molar-refractivity contribution in [3.8, 4) is 0 Å². The Balaban J connectivity index is 3.16. The van der Waals surface area contributed by atoms with Crippen LogP contribution in [0.3, 0.4) is 0 Å². The van der Waals surface area contributed by atoms with Crippen LogP contribution in [0.2, 0.25) is 0 Å². The van der Waals surface area contributed by atoms with Gasteiger partial charge in [-0.25, -0.2) is 0 Å². The highest BCUT2D eigenvalue weighted by Gasteiger charge is 1.93. The Kier molecular flexibility index (Phi) is 6.18. The minimum Gasteiger partial charge on any atom is -0.393 e. The lowest BCUT2D eigenvalue weighted by Gasteiger charge is -2.03. The molecule has 2 N–H and O–H groups in total. The van der Waals surface area contributed by atoms with Gasteiger partial charge in [-0.2, -0.15) is 0 Å².